The van der Waals surface area contributed by atoms with E-state index in [2.05, 4.69) is 35.4 Å². The highest BCUT2D eigenvalue weighted by Crippen LogP contribution is 2.64. The normalized spacial score (nSPS) is 38.5. The first-order chi connectivity index (χ1) is 15.8. The Balaban J connectivity index is 1.33. The van der Waals surface area contributed by atoms with E-state index in [4.69, 9.17) is 4.74 Å². The van der Waals surface area contributed by atoms with Gasteiger partial charge in [-0.15, -0.1) is 0 Å². The second-order valence-corrected chi connectivity index (χ2v) is 11.0. The third kappa shape index (κ3) is 3.81. The summed E-state index contributed by atoms with van der Waals surface area (Å²) in [6.07, 6.45) is 14.3. The second kappa shape index (κ2) is 8.37. The molecule has 176 valence electrons. The van der Waals surface area contributed by atoms with E-state index in [0.717, 1.165) is 50.7 Å². The van der Waals surface area contributed by atoms with E-state index in [0.29, 0.717) is 23.3 Å². The molecule has 5 rings (SSSR count). The molecule has 1 aromatic heterocycles. The van der Waals surface area contributed by atoms with Crippen molar-refractivity contribution < 1.29 is 14.3 Å². The summed E-state index contributed by atoms with van der Waals surface area (Å²) in [5.41, 5.74) is 6.35. The summed E-state index contributed by atoms with van der Waals surface area (Å²) < 4.78 is 5.57. The van der Waals surface area contributed by atoms with E-state index in [9.17, 15) is 9.59 Å². The van der Waals surface area contributed by atoms with Gasteiger partial charge in [-0.05, 0) is 80.2 Å². The van der Waals surface area contributed by atoms with E-state index in [1.807, 2.05) is 0 Å². The fourth-order valence-corrected chi connectivity index (χ4v) is 7.62. The fraction of sp³-hybridized carbons (Fsp3) is 0.630. The van der Waals surface area contributed by atoms with Crippen LogP contribution in [0.25, 0.3) is 0 Å². The summed E-state index contributed by atoms with van der Waals surface area (Å²) in [4.78, 5) is 27.9. The average Bonchev–Trinajstić information content (AvgIpc) is 3.14. The molecule has 0 saturated heterocycles. The summed E-state index contributed by atoms with van der Waals surface area (Å²) >= 11 is 0. The van der Waals surface area contributed by atoms with Crippen LogP contribution >= 0.6 is 0 Å². The van der Waals surface area contributed by atoms with Gasteiger partial charge < -0.3 is 4.74 Å². The molecule has 0 radical (unpaired) electrons. The van der Waals surface area contributed by atoms with E-state index in [-0.39, 0.29) is 28.8 Å². The van der Waals surface area contributed by atoms with Gasteiger partial charge in [-0.25, -0.2) is 5.43 Å². The minimum atomic E-state index is -0.173. The molecular formula is C27H35N3O3. The van der Waals surface area contributed by atoms with Gasteiger partial charge in [0.15, 0.2) is 0 Å². The van der Waals surface area contributed by atoms with Gasteiger partial charge in [0.2, 0.25) is 0 Å². The number of hydrogen-bond donors (Lipinski definition) is 1. The number of fused-ring (bicyclic) bond motifs is 5. The number of nitrogens with zero attached hydrogens (tertiary/aromatic N) is 2. The van der Waals surface area contributed by atoms with E-state index in [1.165, 1.54) is 18.9 Å². The quantitative estimate of drug-likeness (QED) is 0.397. The Hall–Kier alpha value is -2.50. The number of esters is 1. The number of pyridine rings is 1. The molecule has 1 N–H and O–H groups in total. The van der Waals surface area contributed by atoms with Crippen LogP contribution in [0.1, 0.15) is 82.5 Å². The van der Waals surface area contributed by atoms with Crippen molar-refractivity contribution in [1.29, 1.82) is 0 Å². The molecule has 0 unspecified atom stereocenters. The number of rotatable bonds is 3. The molecule has 6 atom stereocenters. The van der Waals surface area contributed by atoms with Crippen LogP contribution in [-0.2, 0) is 9.53 Å². The first-order valence-corrected chi connectivity index (χ1v) is 12.5. The molecule has 33 heavy (non-hydrogen) atoms. The largest absolute Gasteiger partial charge is 0.462 e. The highest BCUT2D eigenvalue weighted by Gasteiger charge is 2.58. The van der Waals surface area contributed by atoms with Crippen LogP contribution in [-0.4, -0.2) is 28.7 Å². The number of hydrogen-bond acceptors (Lipinski definition) is 5. The van der Waals surface area contributed by atoms with Crippen molar-refractivity contribution in [3.8, 4) is 0 Å². The van der Waals surface area contributed by atoms with Crippen LogP contribution in [0.5, 0.6) is 0 Å². The monoisotopic (exact) mass is 449 g/mol. The van der Waals surface area contributed by atoms with Crippen LogP contribution in [0.2, 0.25) is 0 Å². The summed E-state index contributed by atoms with van der Waals surface area (Å²) in [5, 5.41) is 4.66. The zero-order valence-corrected chi connectivity index (χ0v) is 20.0. The number of ether oxygens (including phenoxy) is 1. The van der Waals surface area contributed by atoms with Crippen LogP contribution in [0.3, 0.4) is 0 Å². The third-order valence-electron chi connectivity index (χ3n) is 9.37. The molecule has 1 aromatic rings. The lowest BCUT2D eigenvalue weighted by atomic mass is 9.48. The van der Waals surface area contributed by atoms with Crippen molar-refractivity contribution in [2.75, 3.05) is 0 Å². The highest BCUT2D eigenvalue weighted by molar-refractivity contribution is 5.97. The number of carbonyl (C=O) groups excluding carboxylic acids is 2. The van der Waals surface area contributed by atoms with Crippen molar-refractivity contribution in [2.24, 2.45) is 33.7 Å². The van der Waals surface area contributed by atoms with Gasteiger partial charge >= 0.3 is 5.97 Å². The van der Waals surface area contributed by atoms with Gasteiger partial charge in [0, 0.05) is 42.4 Å². The first-order valence-electron chi connectivity index (χ1n) is 12.5. The maximum absolute atomic E-state index is 12.5. The number of allylic oxidation sites excluding steroid dienone is 1. The number of aromatic nitrogens is 1. The molecule has 1 heterocycles. The SMILES string of the molecule is CC(=O)O[C@@H]1CC[C@@]2(C)C(=CC[C@@H]3[C@@H]2CC[C@]2(C)/C(=N\NC(=O)c4ccncc4)CC[C@@H]32)C1. The molecule has 1 amide bonds. The summed E-state index contributed by atoms with van der Waals surface area (Å²) in [6, 6.07) is 3.42. The summed E-state index contributed by atoms with van der Waals surface area (Å²) in [6.45, 7) is 6.35. The van der Waals surface area contributed by atoms with Crippen LogP contribution in [0.4, 0.5) is 0 Å². The number of amides is 1. The Morgan fingerprint density at radius 1 is 1.09 bits per heavy atom. The highest BCUT2D eigenvalue weighted by atomic mass is 16.5. The summed E-state index contributed by atoms with van der Waals surface area (Å²) in [7, 11) is 0. The van der Waals surface area contributed by atoms with Gasteiger partial charge in [-0.2, -0.15) is 5.10 Å². The predicted octanol–water partition coefficient (Wildman–Crippen LogP) is 5.06. The molecule has 3 saturated carbocycles. The number of carbonyl (C=O) groups is 2. The Morgan fingerprint density at radius 3 is 2.58 bits per heavy atom. The number of nitrogens with one attached hydrogen (secondary N) is 1. The molecule has 4 aliphatic rings. The van der Waals surface area contributed by atoms with E-state index < -0.39 is 0 Å². The van der Waals surface area contributed by atoms with Crippen molar-refractivity contribution in [2.45, 2.75) is 78.2 Å². The minimum absolute atomic E-state index is 0.0430. The maximum Gasteiger partial charge on any atom is 0.302 e. The zero-order chi connectivity index (χ0) is 23.2. The lowest BCUT2D eigenvalue weighted by Gasteiger charge is -2.57. The van der Waals surface area contributed by atoms with E-state index in [1.54, 1.807) is 24.5 Å². The van der Waals surface area contributed by atoms with Crippen LogP contribution in [0.15, 0.2) is 41.3 Å². The molecule has 0 aliphatic heterocycles. The lowest BCUT2D eigenvalue weighted by molar-refractivity contribution is -0.148. The maximum atomic E-state index is 12.5. The van der Waals surface area contributed by atoms with Crippen molar-refractivity contribution in [3.63, 3.8) is 0 Å². The molecule has 6 nitrogen and oxygen atoms in total. The zero-order valence-electron chi connectivity index (χ0n) is 20.0. The second-order valence-electron chi connectivity index (χ2n) is 11.0. The smallest absolute Gasteiger partial charge is 0.302 e. The van der Waals surface area contributed by atoms with Crippen molar-refractivity contribution in [1.82, 2.24) is 10.4 Å². The molecule has 0 spiro atoms. The number of hydrazone groups is 1. The molecule has 6 heteroatoms. The Kier molecular flexibility index (Phi) is 5.66. The van der Waals surface area contributed by atoms with Gasteiger partial charge in [-0.1, -0.05) is 25.5 Å². The van der Waals surface area contributed by atoms with Gasteiger partial charge in [-0.3, -0.25) is 14.6 Å². The van der Waals surface area contributed by atoms with Crippen molar-refractivity contribution in [3.05, 3.63) is 41.7 Å². The molecule has 3 fully saturated rings. The first kappa shape index (κ1) is 22.3. The average molecular weight is 450 g/mol. The Bertz CT molecular complexity index is 1000. The molecule has 4 aliphatic carbocycles. The van der Waals surface area contributed by atoms with Gasteiger partial charge in [0.25, 0.3) is 5.91 Å². The van der Waals surface area contributed by atoms with Crippen LogP contribution < -0.4 is 5.43 Å². The lowest BCUT2D eigenvalue weighted by Crippen LogP contribution is -2.50. The van der Waals surface area contributed by atoms with Gasteiger partial charge in [0.05, 0.1) is 0 Å². The topological polar surface area (TPSA) is 80.6 Å². The molecule has 0 aromatic carbocycles. The van der Waals surface area contributed by atoms with Crippen molar-refractivity contribution >= 4 is 17.6 Å². The predicted molar refractivity (Wildman–Crippen MR) is 126 cm³/mol. The van der Waals surface area contributed by atoms with Crippen LogP contribution in [0, 0.1) is 28.6 Å². The summed E-state index contributed by atoms with van der Waals surface area (Å²) in [5.74, 6) is 1.60. The Morgan fingerprint density at radius 2 is 1.82 bits per heavy atom. The van der Waals surface area contributed by atoms with Gasteiger partial charge in [0.1, 0.15) is 6.10 Å². The van der Waals surface area contributed by atoms with E-state index >= 15 is 0 Å². The standard InChI is InChI=1S/C27H35N3O3/c1-17(31)33-20-8-12-26(2)19(16-20)4-5-21-22-6-7-24(27(22,3)13-9-23(21)26)29-30-25(32)18-10-14-28-15-11-18/h4,10-11,14-15,20-23H,5-9,12-13,16H2,1-3H3,(H,30,32)/b29-24-/t20-,21+,22+,23+,26+,27+/m1/s1. The fourth-order valence-electron chi connectivity index (χ4n) is 7.62. The minimum Gasteiger partial charge on any atom is -0.462 e. The Labute approximate surface area is 196 Å². The molecule has 0 bridgehead atoms. The molecular weight excluding hydrogens is 414 g/mol. The third-order valence-corrected chi connectivity index (χ3v) is 9.37.